The maximum Gasteiger partial charge on any atom is 0.276 e. The molecular weight excluding hydrogens is 408 g/mol. The zero-order valence-electron chi connectivity index (χ0n) is 14.8. The van der Waals surface area contributed by atoms with Gasteiger partial charge in [-0.15, -0.1) is 0 Å². The van der Waals surface area contributed by atoms with Gasteiger partial charge in [-0.05, 0) is 55.6 Å². The normalized spacial score (nSPS) is 17.7. The van der Waals surface area contributed by atoms with E-state index in [4.69, 9.17) is 4.84 Å². The molecule has 0 atom stereocenters. The third-order valence-electron chi connectivity index (χ3n) is 5.22. The number of hydrogen-bond donors (Lipinski definition) is 2. The predicted octanol–water partition coefficient (Wildman–Crippen LogP) is 3.97. The van der Waals surface area contributed by atoms with Gasteiger partial charge in [0, 0.05) is 28.2 Å². The minimum atomic E-state index is -0.346. The summed E-state index contributed by atoms with van der Waals surface area (Å²) in [5.74, 6) is 0.622. The van der Waals surface area contributed by atoms with Crippen LogP contribution in [0.3, 0.4) is 0 Å². The predicted molar refractivity (Wildman–Crippen MR) is 107 cm³/mol. The van der Waals surface area contributed by atoms with Gasteiger partial charge in [0.05, 0.1) is 0 Å². The highest BCUT2D eigenvalue weighted by Crippen LogP contribution is 2.37. The van der Waals surface area contributed by atoms with Crippen molar-refractivity contribution in [2.75, 3.05) is 13.1 Å². The van der Waals surface area contributed by atoms with Crippen LogP contribution in [0.5, 0.6) is 11.5 Å². The van der Waals surface area contributed by atoms with Crippen LogP contribution in [-0.4, -0.2) is 29.0 Å². The van der Waals surface area contributed by atoms with Crippen molar-refractivity contribution in [3.63, 3.8) is 0 Å². The number of rotatable bonds is 3. The minimum absolute atomic E-state index is 0.0912. The Morgan fingerprint density at radius 3 is 2.78 bits per heavy atom. The van der Waals surface area contributed by atoms with Gasteiger partial charge in [0.2, 0.25) is 5.75 Å². The standard InChI is InChI=1S/C21H21BrN2O3/c22-18-3-1-2-16(12-18)14-8-10-24(11-9-14)13-17-5-4-15-6-7-19(25)23-27-21(15)20(17)26/h1-7,12,14,26H,8-11,13H2,(H,23,25). The van der Waals surface area contributed by atoms with Crippen LogP contribution in [0.1, 0.15) is 35.4 Å². The van der Waals surface area contributed by atoms with Crippen molar-refractivity contribution in [2.24, 2.45) is 0 Å². The Balaban J connectivity index is 1.43. The van der Waals surface area contributed by atoms with E-state index in [0.29, 0.717) is 23.8 Å². The molecule has 0 unspecified atom stereocenters. The van der Waals surface area contributed by atoms with E-state index in [9.17, 15) is 9.90 Å². The van der Waals surface area contributed by atoms with Gasteiger partial charge in [0.25, 0.3) is 5.91 Å². The molecule has 2 N–H and O–H groups in total. The van der Waals surface area contributed by atoms with Crippen molar-refractivity contribution in [1.82, 2.24) is 10.4 Å². The number of nitrogens with one attached hydrogen (secondary N) is 1. The molecule has 2 aromatic rings. The summed E-state index contributed by atoms with van der Waals surface area (Å²) in [6.07, 6.45) is 5.22. The van der Waals surface area contributed by atoms with Crippen LogP contribution in [0.4, 0.5) is 0 Å². The van der Waals surface area contributed by atoms with Crippen molar-refractivity contribution in [3.8, 4) is 11.5 Å². The van der Waals surface area contributed by atoms with Gasteiger partial charge in [0.15, 0.2) is 5.75 Å². The lowest BCUT2D eigenvalue weighted by Crippen LogP contribution is -2.32. The molecule has 2 aromatic carbocycles. The van der Waals surface area contributed by atoms with E-state index in [-0.39, 0.29) is 11.7 Å². The van der Waals surface area contributed by atoms with E-state index < -0.39 is 0 Å². The maximum atomic E-state index is 11.4. The van der Waals surface area contributed by atoms with Gasteiger partial charge in [-0.1, -0.05) is 40.2 Å². The average molecular weight is 429 g/mol. The molecule has 27 heavy (non-hydrogen) atoms. The first-order chi connectivity index (χ1) is 13.1. The van der Waals surface area contributed by atoms with Crippen LogP contribution in [0, 0.1) is 0 Å². The third kappa shape index (κ3) is 4.01. The lowest BCUT2D eigenvalue weighted by Gasteiger charge is -2.32. The summed E-state index contributed by atoms with van der Waals surface area (Å²) < 4.78 is 1.12. The molecule has 0 radical (unpaired) electrons. The van der Waals surface area contributed by atoms with Gasteiger partial charge in [-0.2, -0.15) is 5.48 Å². The highest BCUT2D eigenvalue weighted by molar-refractivity contribution is 9.10. The van der Waals surface area contributed by atoms with E-state index in [0.717, 1.165) is 36.0 Å². The molecule has 4 rings (SSSR count). The first kappa shape index (κ1) is 18.1. The van der Waals surface area contributed by atoms with Crippen LogP contribution in [0.15, 0.2) is 46.9 Å². The molecule has 0 aromatic heterocycles. The fraction of sp³-hybridized carbons (Fsp3) is 0.286. The molecule has 2 aliphatic rings. The molecule has 0 bridgehead atoms. The Kier molecular flexibility index (Phi) is 5.18. The highest BCUT2D eigenvalue weighted by atomic mass is 79.9. The number of phenols is 1. The van der Waals surface area contributed by atoms with Crippen molar-refractivity contribution < 1.29 is 14.7 Å². The van der Waals surface area contributed by atoms with Crippen LogP contribution in [-0.2, 0) is 11.3 Å². The minimum Gasteiger partial charge on any atom is -0.504 e. The molecule has 0 saturated carbocycles. The second kappa shape index (κ2) is 7.74. The lowest BCUT2D eigenvalue weighted by molar-refractivity contribution is -0.122. The van der Waals surface area contributed by atoms with Gasteiger partial charge in [-0.3, -0.25) is 9.69 Å². The van der Waals surface area contributed by atoms with E-state index in [1.54, 1.807) is 6.08 Å². The average Bonchev–Trinajstić information content (AvgIpc) is 2.87. The largest absolute Gasteiger partial charge is 0.504 e. The first-order valence-corrected chi connectivity index (χ1v) is 9.87. The molecule has 0 spiro atoms. The molecule has 1 amide bonds. The quantitative estimate of drug-likeness (QED) is 0.775. The summed E-state index contributed by atoms with van der Waals surface area (Å²) in [6.45, 7) is 2.61. The SMILES string of the molecule is O=C1C=Cc2ccc(CN3CCC(c4cccc(Br)c4)CC3)c(O)c2ON1. The number of phenolic OH excluding ortho intramolecular Hbond substituents is 1. The Morgan fingerprint density at radius 2 is 2.00 bits per heavy atom. The number of benzene rings is 2. The first-order valence-electron chi connectivity index (χ1n) is 9.08. The summed E-state index contributed by atoms with van der Waals surface area (Å²) in [4.78, 5) is 19.0. The summed E-state index contributed by atoms with van der Waals surface area (Å²) in [5, 5.41) is 10.6. The van der Waals surface area contributed by atoms with Crippen molar-refractivity contribution in [2.45, 2.75) is 25.3 Å². The molecule has 2 heterocycles. The molecule has 1 saturated heterocycles. The molecule has 140 valence electrons. The van der Waals surface area contributed by atoms with E-state index >= 15 is 0 Å². The molecule has 1 fully saturated rings. The molecular formula is C21H21BrN2O3. The second-order valence-electron chi connectivity index (χ2n) is 7.00. The zero-order valence-corrected chi connectivity index (χ0v) is 16.4. The number of carbonyl (C=O) groups is 1. The number of fused-ring (bicyclic) bond motifs is 1. The Labute approximate surface area is 166 Å². The van der Waals surface area contributed by atoms with Gasteiger partial charge < -0.3 is 9.94 Å². The second-order valence-corrected chi connectivity index (χ2v) is 7.91. The van der Waals surface area contributed by atoms with E-state index in [1.807, 2.05) is 12.1 Å². The van der Waals surface area contributed by atoms with Crippen LogP contribution >= 0.6 is 15.9 Å². The fourth-order valence-electron chi connectivity index (χ4n) is 3.72. The Bertz CT molecular complexity index is 889. The van der Waals surface area contributed by atoms with Gasteiger partial charge >= 0.3 is 0 Å². The van der Waals surface area contributed by atoms with Crippen LogP contribution in [0.2, 0.25) is 0 Å². The Morgan fingerprint density at radius 1 is 1.19 bits per heavy atom. The maximum absolute atomic E-state index is 11.4. The fourth-order valence-corrected chi connectivity index (χ4v) is 4.14. The summed E-state index contributed by atoms with van der Waals surface area (Å²) in [7, 11) is 0. The molecule has 2 aliphatic heterocycles. The Hall–Kier alpha value is -2.31. The van der Waals surface area contributed by atoms with Crippen molar-refractivity contribution >= 4 is 27.9 Å². The van der Waals surface area contributed by atoms with Crippen LogP contribution < -0.4 is 10.3 Å². The number of aromatic hydroxyl groups is 1. The molecule has 5 nitrogen and oxygen atoms in total. The number of likely N-dealkylation sites (tertiary alicyclic amines) is 1. The number of hydrogen-bond acceptors (Lipinski definition) is 4. The number of piperidine rings is 1. The number of halogens is 1. The molecule has 6 heteroatoms. The lowest BCUT2D eigenvalue weighted by atomic mass is 9.89. The number of amides is 1. The topological polar surface area (TPSA) is 61.8 Å². The summed E-state index contributed by atoms with van der Waals surface area (Å²) >= 11 is 3.55. The summed E-state index contributed by atoms with van der Waals surface area (Å²) in [5.41, 5.74) is 5.17. The highest BCUT2D eigenvalue weighted by Gasteiger charge is 2.23. The van der Waals surface area contributed by atoms with Gasteiger partial charge in [0.1, 0.15) is 0 Å². The smallest absolute Gasteiger partial charge is 0.276 e. The number of nitrogens with zero attached hydrogens (tertiary/aromatic N) is 1. The number of carbonyl (C=O) groups excluding carboxylic acids is 1. The number of hydroxylamine groups is 1. The van der Waals surface area contributed by atoms with Crippen molar-refractivity contribution in [1.29, 1.82) is 0 Å². The monoisotopic (exact) mass is 428 g/mol. The van der Waals surface area contributed by atoms with E-state index in [1.165, 1.54) is 11.6 Å². The molecule has 0 aliphatic carbocycles. The van der Waals surface area contributed by atoms with Gasteiger partial charge in [-0.25, -0.2) is 0 Å². The zero-order chi connectivity index (χ0) is 18.8. The van der Waals surface area contributed by atoms with E-state index in [2.05, 4.69) is 50.6 Å². The third-order valence-corrected chi connectivity index (χ3v) is 5.71. The van der Waals surface area contributed by atoms with Crippen molar-refractivity contribution in [3.05, 3.63) is 63.6 Å². The van der Waals surface area contributed by atoms with Crippen LogP contribution in [0.25, 0.3) is 6.08 Å². The summed E-state index contributed by atoms with van der Waals surface area (Å²) in [6, 6.07) is 12.3.